The van der Waals surface area contributed by atoms with E-state index in [1.165, 1.54) is 25.7 Å². The molecular weight excluding hydrogens is 164 g/mol. The van der Waals surface area contributed by atoms with Gasteiger partial charge in [0.1, 0.15) is 11.6 Å². The molecule has 0 atom stereocenters. The Hall–Kier alpha value is -1.25. The zero-order chi connectivity index (χ0) is 9.10. The number of hydrogen-bond acceptors (Lipinski definition) is 3. The first kappa shape index (κ1) is 8.35. The fraction of sp³-hybridized carbons (Fsp3) is 0.500. The summed E-state index contributed by atoms with van der Waals surface area (Å²) in [6, 6.07) is 3.64. The van der Waals surface area contributed by atoms with E-state index in [-0.39, 0.29) is 0 Å². The molecule has 2 rings (SSSR count). The monoisotopic (exact) mass is 178 g/mol. The second-order valence-corrected chi connectivity index (χ2v) is 3.44. The fourth-order valence-electron chi connectivity index (χ4n) is 1.66. The maximum atomic E-state index is 5.71. The van der Waals surface area contributed by atoms with Crippen molar-refractivity contribution in [3.8, 4) is 5.75 Å². The van der Waals surface area contributed by atoms with Crippen molar-refractivity contribution in [2.45, 2.75) is 31.8 Å². The summed E-state index contributed by atoms with van der Waals surface area (Å²) in [5, 5.41) is 0. The second kappa shape index (κ2) is 3.64. The van der Waals surface area contributed by atoms with Crippen LogP contribution in [0.25, 0.3) is 0 Å². The van der Waals surface area contributed by atoms with E-state index < -0.39 is 0 Å². The van der Waals surface area contributed by atoms with Gasteiger partial charge in [0, 0.05) is 0 Å². The molecule has 70 valence electrons. The number of aromatic nitrogens is 1. The van der Waals surface area contributed by atoms with Crippen LogP contribution in [0.1, 0.15) is 25.7 Å². The first-order chi connectivity index (χ1) is 6.34. The molecule has 0 unspecified atom stereocenters. The Morgan fingerprint density at radius 2 is 2.08 bits per heavy atom. The van der Waals surface area contributed by atoms with Crippen molar-refractivity contribution in [1.29, 1.82) is 0 Å². The normalized spacial score (nSPS) is 17.5. The van der Waals surface area contributed by atoms with E-state index in [1.807, 2.05) is 6.07 Å². The van der Waals surface area contributed by atoms with E-state index in [2.05, 4.69) is 4.98 Å². The standard InChI is InChI=1S/C10H14N2O/c11-10-6-5-9(7-12-10)13-8-3-1-2-4-8/h5-8H,1-4H2,(H2,11,12). The van der Waals surface area contributed by atoms with E-state index >= 15 is 0 Å². The van der Waals surface area contributed by atoms with E-state index in [1.54, 1.807) is 12.3 Å². The summed E-state index contributed by atoms with van der Waals surface area (Å²) in [7, 11) is 0. The molecule has 1 aromatic rings. The van der Waals surface area contributed by atoms with Gasteiger partial charge >= 0.3 is 0 Å². The highest BCUT2D eigenvalue weighted by atomic mass is 16.5. The van der Waals surface area contributed by atoms with Crippen molar-refractivity contribution in [3.63, 3.8) is 0 Å². The van der Waals surface area contributed by atoms with Gasteiger partial charge in [0.2, 0.25) is 0 Å². The molecule has 0 aliphatic heterocycles. The maximum Gasteiger partial charge on any atom is 0.138 e. The Morgan fingerprint density at radius 1 is 1.31 bits per heavy atom. The predicted octanol–water partition coefficient (Wildman–Crippen LogP) is 1.99. The summed E-state index contributed by atoms with van der Waals surface area (Å²) in [4.78, 5) is 3.97. The van der Waals surface area contributed by atoms with Crippen molar-refractivity contribution in [3.05, 3.63) is 18.3 Å². The van der Waals surface area contributed by atoms with Gasteiger partial charge in [-0.3, -0.25) is 0 Å². The lowest BCUT2D eigenvalue weighted by atomic mass is 10.3. The molecule has 1 aromatic heterocycles. The number of anilines is 1. The quantitative estimate of drug-likeness (QED) is 0.753. The Balaban J connectivity index is 1.97. The van der Waals surface area contributed by atoms with Crippen LogP contribution >= 0.6 is 0 Å². The fourth-order valence-corrected chi connectivity index (χ4v) is 1.66. The van der Waals surface area contributed by atoms with Crippen LogP contribution in [-0.2, 0) is 0 Å². The van der Waals surface area contributed by atoms with Gasteiger partial charge in [0.05, 0.1) is 12.3 Å². The van der Waals surface area contributed by atoms with Gasteiger partial charge < -0.3 is 10.5 Å². The number of nitrogens with zero attached hydrogens (tertiary/aromatic N) is 1. The maximum absolute atomic E-state index is 5.71. The zero-order valence-corrected chi connectivity index (χ0v) is 7.57. The summed E-state index contributed by atoms with van der Waals surface area (Å²) in [5.41, 5.74) is 5.47. The molecule has 1 aliphatic carbocycles. The van der Waals surface area contributed by atoms with E-state index in [4.69, 9.17) is 10.5 Å². The van der Waals surface area contributed by atoms with Crippen molar-refractivity contribution >= 4 is 5.82 Å². The van der Waals surface area contributed by atoms with Crippen LogP contribution in [0.4, 0.5) is 5.82 Å². The van der Waals surface area contributed by atoms with Crippen LogP contribution in [-0.4, -0.2) is 11.1 Å². The van der Waals surface area contributed by atoms with Gasteiger partial charge in [-0.25, -0.2) is 4.98 Å². The Labute approximate surface area is 77.9 Å². The van der Waals surface area contributed by atoms with Gasteiger partial charge in [-0.05, 0) is 37.8 Å². The average Bonchev–Trinajstić information content (AvgIpc) is 2.62. The van der Waals surface area contributed by atoms with Crippen LogP contribution in [0.5, 0.6) is 5.75 Å². The van der Waals surface area contributed by atoms with Crippen LogP contribution in [0.3, 0.4) is 0 Å². The van der Waals surface area contributed by atoms with Gasteiger partial charge in [0.15, 0.2) is 0 Å². The summed E-state index contributed by atoms with van der Waals surface area (Å²) < 4.78 is 5.71. The Kier molecular flexibility index (Phi) is 2.34. The third kappa shape index (κ3) is 2.11. The smallest absolute Gasteiger partial charge is 0.138 e. The number of nitrogen functional groups attached to an aromatic ring is 1. The second-order valence-electron chi connectivity index (χ2n) is 3.44. The zero-order valence-electron chi connectivity index (χ0n) is 7.57. The third-order valence-corrected chi connectivity index (χ3v) is 2.36. The molecule has 3 heteroatoms. The molecule has 0 saturated heterocycles. The van der Waals surface area contributed by atoms with Crippen molar-refractivity contribution < 1.29 is 4.74 Å². The van der Waals surface area contributed by atoms with Crippen LogP contribution in [0.2, 0.25) is 0 Å². The molecule has 1 aliphatic rings. The number of nitrogens with two attached hydrogens (primary N) is 1. The first-order valence-electron chi connectivity index (χ1n) is 4.73. The predicted molar refractivity (Wildman–Crippen MR) is 51.5 cm³/mol. The summed E-state index contributed by atoms with van der Waals surface area (Å²) >= 11 is 0. The van der Waals surface area contributed by atoms with E-state index in [0.29, 0.717) is 11.9 Å². The molecule has 3 nitrogen and oxygen atoms in total. The number of rotatable bonds is 2. The molecular formula is C10H14N2O. The molecule has 1 saturated carbocycles. The Morgan fingerprint density at radius 3 is 2.69 bits per heavy atom. The lowest BCUT2D eigenvalue weighted by Gasteiger charge is -2.12. The minimum Gasteiger partial charge on any atom is -0.489 e. The van der Waals surface area contributed by atoms with Crippen LogP contribution in [0.15, 0.2) is 18.3 Å². The minimum absolute atomic E-state index is 0.394. The molecule has 0 radical (unpaired) electrons. The lowest BCUT2D eigenvalue weighted by Crippen LogP contribution is -2.10. The molecule has 0 amide bonds. The molecule has 13 heavy (non-hydrogen) atoms. The first-order valence-corrected chi connectivity index (χ1v) is 4.73. The molecule has 0 bridgehead atoms. The van der Waals surface area contributed by atoms with Gasteiger partial charge in [0.25, 0.3) is 0 Å². The van der Waals surface area contributed by atoms with E-state index in [9.17, 15) is 0 Å². The highest BCUT2D eigenvalue weighted by Crippen LogP contribution is 2.23. The molecule has 1 fully saturated rings. The topological polar surface area (TPSA) is 48.1 Å². The molecule has 0 aromatic carbocycles. The summed E-state index contributed by atoms with van der Waals surface area (Å²) in [6.45, 7) is 0. The van der Waals surface area contributed by atoms with Crippen molar-refractivity contribution in [2.75, 3.05) is 5.73 Å². The van der Waals surface area contributed by atoms with Gasteiger partial charge in [-0.15, -0.1) is 0 Å². The summed E-state index contributed by atoms with van der Waals surface area (Å²) in [6.07, 6.45) is 6.99. The van der Waals surface area contributed by atoms with Crippen LogP contribution < -0.4 is 10.5 Å². The Bertz CT molecular complexity index is 265. The lowest BCUT2D eigenvalue weighted by molar-refractivity contribution is 0.209. The number of ether oxygens (including phenoxy) is 1. The van der Waals surface area contributed by atoms with Crippen LogP contribution in [0, 0.1) is 0 Å². The molecule has 0 spiro atoms. The van der Waals surface area contributed by atoms with E-state index in [0.717, 1.165) is 5.75 Å². The minimum atomic E-state index is 0.394. The molecule has 1 heterocycles. The SMILES string of the molecule is Nc1ccc(OC2CCCC2)cn1. The number of hydrogen-bond donors (Lipinski definition) is 1. The number of pyridine rings is 1. The van der Waals surface area contributed by atoms with Crippen molar-refractivity contribution in [1.82, 2.24) is 4.98 Å². The van der Waals surface area contributed by atoms with Gasteiger partial charge in [-0.1, -0.05) is 0 Å². The van der Waals surface area contributed by atoms with Crippen molar-refractivity contribution in [2.24, 2.45) is 0 Å². The van der Waals surface area contributed by atoms with Gasteiger partial charge in [-0.2, -0.15) is 0 Å². The third-order valence-electron chi connectivity index (χ3n) is 2.36. The highest BCUT2D eigenvalue weighted by Gasteiger charge is 2.16. The summed E-state index contributed by atoms with van der Waals surface area (Å²) in [5.74, 6) is 1.37. The average molecular weight is 178 g/mol. The molecule has 2 N–H and O–H groups in total. The highest BCUT2D eigenvalue weighted by molar-refractivity contribution is 5.32. The largest absolute Gasteiger partial charge is 0.489 e.